The zero-order valence-corrected chi connectivity index (χ0v) is 13.1. The monoisotopic (exact) mass is 324 g/mol. The molecule has 0 heterocycles. The lowest BCUT2D eigenvalue weighted by Crippen LogP contribution is -2.48. The molecule has 0 fully saturated rings. The number of halogens is 1. The van der Waals surface area contributed by atoms with Crippen molar-refractivity contribution in [1.82, 2.24) is 4.72 Å². The van der Waals surface area contributed by atoms with Crippen LogP contribution in [0, 0.1) is 0 Å². The summed E-state index contributed by atoms with van der Waals surface area (Å²) in [5, 5.41) is 0. The van der Waals surface area contributed by atoms with Gasteiger partial charge < -0.3 is 5.73 Å². The van der Waals surface area contributed by atoms with Crippen molar-refractivity contribution in [1.29, 1.82) is 0 Å². The van der Waals surface area contributed by atoms with Crippen molar-refractivity contribution >= 4 is 21.6 Å². The molecule has 0 aliphatic rings. The molecular formula is C15H17ClN2O2S. The Balaban J connectivity index is 2.51. The van der Waals surface area contributed by atoms with Gasteiger partial charge in [0, 0.05) is 0 Å². The lowest BCUT2D eigenvalue weighted by Gasteiger charge is -2.34. The first-order valence-corrected chi connectivity index (χ1v) is 8.64. The molecule has 0 saturated heterocycles. The van der Waals surface area contributed by atoms with Crippen LogP contribution in [0.3, 0.4) is 0 Å². The molecule has 2 rings (SSSR count). The summed E-state index contributed by atoms with van der Waals surface area (Å²) in [6, 6.07) is 17.3. The molecule has 2 atom stereocenters. The average Bonchev–Trinajstić information content (AvgIpc) is 2.46. The number of rotatable bonds is 5. The first kappa shape index (κ1) is 16.0. The Hall–Kier alpha value is -1.40. The Morgan fingerprint density at radius 2 is 1.52 bits per heavy atom. The molecule has 0 spiro atoms. The number of alkyl halides is 1. The standard InChI is InChI=1S/C15H17ClN2O2S/c1-21(19,20)18-15(16,13-10-6-3-7-11-13)14(17)12-8-4-2-5-9-12/h2-11,14,18H,17H2,1H3/t14-,15-/m0/s1. The highest BCUT2D eigenvalue weighted by Crippen LogP contribution is 2.37. The second-order valence-electron chi connectivity index (χ2n) is 4.84. The van der Waals surface area contributed by atoms with Crippen LogP contribution < -0.4 is 10.5 Å². The molecule has 0 aliphatic carbocycles. The number of hydrogen-bond donors (Lipinski definition) is 2. The molecule has 4 nitrogen and oxygen atoms in total. The number of sulfonamides is 1. The summed E-state index contributed by atoms with van der Waals surface area (Å²) in [4.78, 5) is -1.45. The van der Waals surface area contributed by atoms with Crippen LogP contribution in [0.1, 0.15) is 17.2 Å². The maximum Gasteiger partial charge on any atom is 0.210 e. The molecule has 0 unspecified atom stereocenters. The Labute approximate surface area is 130 Å². The average molecular weight is 325 g/mol. The van der Waals surface area contributed by atoms with Crippen LogP contribution in [0.25, 0.3) is 0 Å². The first-order chi connectivity index (χ1) is 9.83. The molecule has 0 bridgehead atoms. The van der Waals surface area contributed by atoms with Gasteiger partial charge in [0.2, 0.25) is 10.0 Å². The smallest absolute Gasteiger partial charge is 0.210 e. The Kier molecular flexibility index (Phi) is 4.68. The summed E-state index contributed by atoms with van der Waals surface area (Å²) >= 11 is 6.62. The van der Waals surface area contributed by atoms with Crippen LogP contribution in [0.15, 0.2) is 60.7 Å². The molecule has 0 saturated carbocycles. The Morgan fingerprint density at radius 1 is 1.05 bits per heavy atom. The van der Waals surface area contributed by atoms with Crippen LogP contribution in [0.4, 0.5) is 0 Å². The molecule has 0 aliphatic heterocycles. The predicted molar refractivity (Wildman–Crippen MR) is 85.3 cm³/mol. The summed E-state index contributed by atoms with van der Waals surface area (Å²) in [5.41, 5.74) is 7.59. The first-order valence-electron chi connectivity index (χ1n) is 6.37. The fourth-order valence-corrected chi connectivity index (χ4v) is 3.60. The summed E-state index contributed by atoms with van der Waals surface area (Å²) in [6.07, 6.45) is 1.06. The van der Waals surface area contributed by atoms with Crippen molar-refractivity contribution in [2.24, 2.45) is 5.73 Å². The van der Waals surface area contributed by atoms with Gasteiger partial charge in [0.15, 0.2) is 5.00 Å². The van der Waals surface area contributed by atoms with Gasteiger partial charge in [-0.2, -0.15) is 4.72 Å². The Bertz CT molecular complexity index is 692. The van der Waals surface area contributed by atoms with Gasteiger partial charge in [0.25, 0.3) is 0 Å². The van der Waals surface area contributed by atoms with E-state index in [0.717, 1.165) is 11.8 Å². The van der Waals surface area contributed by atoms with Gasteiger partial charge in [-0.15, -0.1) is 0 Å². The van der Waals surface area contributed by atoms with Crippen molar-refractivity contribution in [2.45, 2.75) is 11.0 Å². The lowest BCUT2D eigenvalue weighted by atomic mass is 9.94. The minimum Gasteiger partial charge on any atom is -0.321 e. The van der Waals surface area contributed by atoms with Gasteiger partial charge in [-0.3, -0.25) is 0 Å². The normalized spacial score (nSPS) is 16.1. The summed E-state index contributed by atoms with van der Waals surface area (Å²) in [6.45, 7) is 0. The van der Waals surface area contributed by atoms with E-state index in [0.29, 0.717) is 5.56 Å². The van der Waals surface area contributed by atoms with Crippen molar-refractivity contribution < 1.29 is 8.42 Å². The second-order valence-corrected chi connectivity index (χ2v) is 7.19. The number of hydrogen-bond acceptors (Lipinski definition) is 3. The maximum absolute atomic E-state index is 11.7. The second kappa shape index (κ2) is 6.15. The summed E-state index contributed by atoms with van der Waals surface area (Å²) in [5.74, 6) is 0. The van der Waals surface area contributed by atoms with E-state index in [9.17, 15) is 8.42 Å². The number of nitrogens with two attached hydrogens (primary N) is 1. The fraction of sp³-hybridized carbons (Fsp3) is 0.200. The fourth-order valence-electron chi connectivity index (χ4n) is 2.14. The van der Waals surface area contributed by atoms with Crippen LogP contribution in [0.5, 0.6) is 0 Å². The molecule has 6 heteroatoms. The molecule has 3 N–H and O–H groups in total. The van der Waals surface area contributed by atoms with Crippen molar-refractivity contribution in [3.8, 4) is 0 Å². The molecular weight excluding hydrogens is 308 g/mol. The highest BCUT2D eigenvalue weighted by Gasteiger charge is 2.40. The van der Waals surface area contributed by atoms with E-state index in [1.54, 1.807) is 24.3 Å². The van der Waals surface area contributed by atoms with Crippen LogP contribution in [-0.2, 0) is 15.0 Å². The lowest BCUT2D eigenvalue weighted by molar-refractivity contribution is 0.454. The van der Waals surface area contributed by atoms with Gasteiger partial charge in [-0.1, -0.05) is 72.3 Å². The quantitative estimate of drug-likeness (QED) is 0.655. The van der Waals surface area contributed by atoms with E-state index in [1.807, 2.05) is 36.4 Å². The van der Waals surface area contributed by atoms with Crippen molar-refractivity contribution in [2.75, 3.05) is 6.26 Å². The number of nitrogens with one attached hydrogen (secondary N) is 1. The summed E-state index contributed by atoms with van der Waals surface area (Å²) in [7, 11) is -3.54. The van der Waals surface area contributed by atoms with E-state index in [1.165, 1.54) is 0 Å². The van der Waals surface area contributed by atoms with Gasteiger partial charge >= 0.3 is 0 Å². The molecule has 2 aromatic carbocycles. The topological polar surface area (TPSA) is 72.2 Å². The minimum atomic E-state index is -3.54. The molecule has 2 aromatic rings. The third-order valence-electron chi connectivity index (χ3n) is 3.12. The van der Waals surface area contributed by atoms with Gasteiger partial charge in [-0.25, -0.2) is 8.42 Å². The van der Waals surface area contributed by atoms with E-state index >= 15 is 0 Å². The third-order valence-corrected chi connectivity index (χ3v) is 4.47. The maximum atomic E-state index is 11.7. The van der Waals surface area contributed by atoms with Crippen LogP contribution in [0.2, 0.25) is 0 Å². The zero-order chi connectivity index (χ0) is 15.5. The van der Waals surface area contributed by atoms with E-state index in [2.05, 4.69) is 4.72 Å². The molecule has 21 heavy (non-hydrogen) atoms. The molecule has 0 aromatic heterocycles. The van der Waals surface area contributed by atoms with Crippen LogP contribution in [-0.4, -0.2) is 14.7 Å². The Morgan fingerprint density at radius 3 is 2.00 bits per heavy atom. The molecule has 0 amide bonds. The largest absolute Gasteiger partial charge is 0.321 e. The van der Waals surface area contributed by atoms with E-state index in [-0.39, 0.29) is 0 Å². The third kappa shape index (κ3) is 3.83. The highest BCUT2D eigenvalue weighted by molar-refractivity contribution is 7.88. The van der Waals surface area contributed by atoms with Gasteiger partial charge in [-0.05, 0) is 11.1 Å². The number of benzene rings is 2. The highest BCUT2D eigenvalue weighted by atomic mass is 35.5. The summed E-state index contributed by atoms with van der Waals surface area (Å²) < 4.78 is 25.9. The zero-order valence-electron chi connectivity index (χ0n) is 11.5. The minimum absolute atomic E-state index is 0.591. The van der Waals surface area contributed by atoms with Gasteiger partial charge in [0.1, 0.15) is 0 Å². The van der Waals surface area contributed by atoms with Crippen LogP contribution >= 0.6 is 11.6 Å². The predicted octanol–water partition coefficient (Wildman–Crippen LogP) is 2.33. The molecule has 112 valence electrons. The molecule has 0 radical (unpaired) electrons. The van der Waals surface area contributed by atoms with Gasteiger partial charge in [0.05, 0.1) is 12.3 Å². The van der Waals surface area contributed by atoms with E-state index < -0.39 is 21.1 Å². The van der Waals surface area contributed by atoms with Crippen molar-refractivity contribution in [3.63, 3.8) is 0 Å². The SMILES string of the molecule is CS(=O)(=O)N[C@@](Cl)(c1ccccc1)[C@@H](N)c1ccccc1. The van der Waals surface area contributed by atoms with E-state index in [4.69, 9.17) is 17.3 Å². The van der Waals surface area contributed by atoms with Crippen molar-refractivity contribution in [3.05, 3.63) is 71.8 Å².